The Morgan fingerprint density at radius 3 is 2.87 bits per heavy atom. The Kier molecular flexibility index (Phi) is 3.63. The third-order valence-corrected chi connectivity index (χ3v) is 5.30. The summed E-state index contributed by atoms with van der Waals surface area (Å²) in [5.41, 5.74) is 1.96. The predicted molar refractivity (Wildman–Crippen MR) is 92.4 cm³/mol. The number of nitrogens with zero attached hydrogens (tertiary/aromatic N) is 2. The van der Waals surface area contributed by atoms with Crippen LogP contribution in [0.1, 0.15) is 15.4 Å². The van der Waals surface area contributed by atoms with Crippen LogP contribution in [0.2, 0.25) is 0 Å². The quantitative estimate of drug-likeness (QED) is 0.774. The second-order valence-corrected chi connectivity index (χ2v) is 6.93. The molecule has 23 heavy (non-hydrogen) atoms. The first-order chi connectivity index (χ1) is 11.2. The number of hydrogen-bond donors (Lipinski definition) is 2. The van der Waals surface area contributed by atoms with Crippen LogP contribution in [-0.4, -0.2) is 35.3 Å². The lowest BCUT2D eigenvalue weighted by atomic mass is 10.0. The maximum Gasteiger partial charge on any atom is 0.261 e. The molecule has 118 valence electrons. The highest BCUT2D eigenvalue weighted by molar-refractivity contribution is 7.20. The summed E-state index contributed by atoms with van der Waals surface area (Å²) in [4.78, 5) is 14.1. The van der Waals surface area contributed by atoms with Crippen LogP contribution in [0.25, 0.3) is 15.9 Å². The molecule has 1 amide bonds. The van der Waals surface area contributed by atoms with Gasteiger partial charge in [-0.2, -0.15) is 5.10 Å². The van der Waals surface area contributed by atoms with Crippen molar-refractivity contribution in [2.75, 3.05) is 19.6 Å². The number of aromatic nitrogens is 2. The SMILES string of the molecule is Cc1nn(-c2ccccc2)c2sc(C(=O)NCC3CNC3)cc12. The van der Waals surface area contributed by atoms with Gasteiger partial charge in [-0.1, -0.05) is 18.2 Å². The van der Waals surface area contributed by atoms with Crippen LogP contribution in [0, 0.1) is 12.8 Å². The summed E-state index contributed by atoms with van der Waals surface area (Å²) in [6.45, 7) is 4.71. The van der Waals surface area contributed by atoms with Crippen LogP contribution >= 0.6 is 11.3 Å². The molecule has 3 aromatic rings. The molecular weight excluding hydrogens is 308 g/mol. The second kappa shape index (κ2) is 5.79. The summed E-state index contributed by atoms with van der Waals surface area (Å²) in [6.07, 6.45) is 0. The van der Waals surface area contributed by atoms with E-state index >= 15 is 0 Å². The first kappa shape index (κ1) is 14.4. The van der Waals surface area contributed by atoms with E-state index < -0.39 is 0 Å². The Labute approximate surface area is 138 Å². The zero-order valence-electron chi connectivity index (χ0n) is 12.9. The standard InChI is InChI=1S/C17H18N4OS/c1-11-14-7-15(16(22)19-10-12-8-18-9-12)23-17(14)21(20-11)13-5-3-2-4-6-13/h2-7,12,18H,8-10H2,1H3,(H,19,22). The van der Waals surface area contributed by atoms with Crippen molar-refractivity contribution in [1.82, 2.24) is 20.4 Å². The average molecular weight is 326 g/mol. The monoisotopic (exact) mass is 326 g/mol. The van der Waals surface area contributed by atoms with Gasteiger partial charge in [0, 0.05) is 30.9 Å². The van der Waals surface area contributed by atoms with E-state index in [-0.39, 0.29) is 5.91 Å². The van der Waals surface area contributed by atoms with E-state index in [0.29, 0.717) is 5.92 Å². The average Bonchev–Trinajstić information content (AvgIpc) is 3.07. The second-order valence-electron chi connectivity index (χ2n) is 5.90. The maximum absolute atomic E-state index is 12.4. The number of rotatable bonds is 4. The van der Waals surface area contributed by atoms with Crippen LogP contribution in [0.5, 0.6) is 0 Å². The zero-order valence-corrected chi connectivity index (χ0v) is 13.7. The van der Waals surface area contributed by atoms with Crippen molar-refractivity contribution in [3.05, 3.63) is 47.0 Å². The molecule has 1 aromatic carbocycles. The van der Waals surface area contributed by atoms with Gasteiger partial charge in [-0.05, 0) is 25.1 Å². The molecule has 0 spiro atoms. The molecular formula is C17H18N4OS. The van der Waals surface area contributed by atoms with Gasteiger partial charge in [0.2, 0.25) is 0 Å². The van der Waals surface area contributed by atoms with Gasteiger partial charge in [0.25, 0.3) is 5.91 Å². The third kappa shape index (κ3) is 2.64. The molecule has 6 heteroatoms. The number of nitrogens with one attached hydrogen (secondary N) is 2. The highest BCUT2D eigenvalue weighted by Gasteiger charge is 2.20. The first-order valence-electron chi connectivity index (χ1n) is 7.76. The Hall–Kier alpha value is -2.18. The van der Waals surface area contributed by atoms with Gasteiger partial charge in [-0.25, -0.2) is 4.68 Å². The number of thiophene rings is 1. The maximum atomic E-state index is 12.4. The highest BCUT2D eigenvalue weighted by atomic mass is 32.1. The molecule has 5 nitrogen and oxygen atoms in total. The van der Waals surface area contributed by atoms with Crippen LogP contribution in [0.15, 0.2) is 36.4 Å². The lowest BCUT2D eigenvalue weighted by Gasteiger charge is -2.26. The zero-order chi connectivity index (χ0) is 15.8. The highest BCUT2D eigenvalue weighted by Crippen LogP contribution is 2.30. The van der Waals surface area contributed by atoms with Crippen molar-refractivity contribution in [3.8, 4) is 5.69 Å². The van der Waals surface area contributed by atoms with Gasteiger partial charge >= 0.3 is 0 Å². The van der Waals surface area contributed by atoms with Gasteiger partial charge in [0.05, 0.1) is 16.3 Å². The smallest absolute Gasteiger partial charge is 0.261 e. The summed E-state index contributed by atoms with van der Waals surface area (Å²) < 4.78 is 1.92. The van der Waals surface area contributed by atoms with E-state index in [9.17, 15) is 4.79 Å². The summed E-state index contributed by atoms with van der Waals surface area (Å²) >= 11 is 1.50. The fraction of sp³-hybridized carbons (Fsp3) is 0.294. The predicted octanol–water partition coefficient (Wildman–Crippen LogP) is 2.34. The number of fused-ring (bicyclic) bond motifs is 1. The van der Waals surface area contributed by atoms with E-state index in [1.54, 1.807) is 0 Å². The molecule has 0 atom stereocenters. The topological polar surface area (TPSA) is 59.0 Å². The van der Waals surface area contributed by atoms with E-state index in [2.05, 4.69) is 15.7 Å². The molecule has 1 saturated heterocycles. The van der Waals surface area contributed by atoms with Crippen molar-refractivity contribution in [3.63, 3.8) is 0 Å². The number of carbonyl (C=O) groups is 1. The van der Waals surface area contributed by atoms with Gasteiger partial charge in [0.1, 0.15) is 4.83 Å². The Morgan fingerprint density at radius 1 is 1.39 bits per heavy atom. The Balaban J connectivity index is 1.63. The summed E-state index contributed by atoms with van der Waals surface area (Å²) in [5.74, 6) is 0.576. The molecule has 0 aliphatic carbocycles. The van der Waals surface area contributed by atoms with Crippen LogP contribution in [0.4, 0.5) is 0 Å². The molecule has 1 fully saturated rings. The van der Waals surface area contributed by atoms with E-state index in [4.69, 9.17) is 0 Å². The molecule has 0 bridgehead atoms. The molecule has 1 aliphatic rings. The molecule has 0 unspecified atom stereocenters. The van der Waals surface area contributed by atoms with Crippen LogP contribution in [-0.2, 0) is 0 Å². The van der Waals surface area contributed by atoms with Crippen molar-refractivity contribution in [2.24, 2.45) is 5.92 Å². The molecule has 0 saturated carbocycles. The van der Waals surface area contributed by atoms with Gasteiger partial charge in [0.15, 0.2) is 0 Å². The Bertz CT molecular complexity index is 848. The number of aryl methyl sites for hydroxylation is 1. The summed E-state index contributed by atoms with van der Waals surface area (Å²) in [6, 6.07) is 12.0. The lowest BCUT2D eigenvalue weighted by molar-refractivity contribution is 0.0946. The van der Waals surface area contributed by atoms with E-state index in [1.807, 2.05) is 48.0 Å². The van der Waals surface area contributed by atoms with Crippen molar-refractivity contribution in [2.45, 2.75) is 6.92 Å². The van der Waals surface area contributed by atoms with Crippen LogP contribution in [0.3, 0.4) is 0 Å². The third-order valence-electron chi connectivity index (χ3n) is 4.19. The first-order valence-corrected chi connectivity index (χ1v) is 8.57. The Morgan fingerprint density at radius 2 is 2.17 bits per heavy atom. The molecule has 2 N–H and O–H groups in total. The number of para-hydroxylation sites is 1. The normalized spacial score (nSPS) is 14.8. The summed E-state index contributed by atoms with van der Waals surface area (Å²) in [7, 11) is 0. The minimum absolute atomic E-state index is 0.0112. The largest absolute Gasteiger partial charge is 0.351 e. The fourth-order valence-corrected chi connectivity index (χ4v) is 3.82. The minimum atomic E-state index is 0.0112. The summed E-state index contributed by atoms with van der Waals surface area (Å²) in [5, 5.41) is 11.9. The molecule has 1 aliphatic heterocycles. The van der Waals surface area contributed by atoms with Crippen LogP contribution < -0.4 is 10.6 Å². The number of amides is 1. The van der Waals surface area contributed by atoms with E-state index in [0.717, 1.165) is 46.1 Å². The number of hydrogen-bond acceptors (Lipinski definition) is 4. The fourth-order valence-electron chi connectivity index (χ4n) is 2.72. The molecule has 2 aromatic heterocycles. The molecule has 0 radical (unpaired) electrons. The number of benzene rings is 1. The van der Waals surface area contributed by atoms with Gasteiger partial charge in [-0.3, -0.25) is 4.79 Å². The van der Waals surface area contributed by atoms with Gasteiger partial charge in [-0.15, -0.1) is 11.3 Å². The van der Waals surface area contributed by atoms with Crippen molar-refractivity contribution < 1.29 is 4.79 Å². The van der Waals surface area contributed by atoms with Crippen molar-refractivity contribution >= 4 is 27.5 Å². The molecule has 4 rings (SSSR count). The van der Waals surface area contributed by atoms with E-state index in [1.165, 1.54) is 11.3 Å². The minimum Gasteiger partial charge on any atom is -0.351 e. The van der Waals surface area contributed by atoms with Gasteiger partial charge < -0.3 is 10.6 Å². The number of carbonyl (C=O) groups excluding carboxylic acids is 1. The van der Waals surface area contributed by atoms with Crippen molar-refractivity contribution in [1.29, 1.82) is 0 Å². The lowest BCUT2D eigenvalue weighted by Crippen LogP contribution is -2.48. The molecule has 3 heterocycles.